The van der Waals surface area contributed by atoms with Gasteiger partial charge in [0.05, 0.1) is 26.4 Å². The molecule has 23 heavy (non-hydrogen) atoms. The summed E-state index contributed by atoms with van der Waals surface area (Å²) in [6.45, 7) is -1.68. The van der Waals surface area contributed by atoms with E-state index in [4.69, 9.17) is 0 Å². The second-order valence-electron chi connectivity index (χ2n) is 3.54. The number of hydrogen-bond acceptors (Lipinski definition) is 7. The summed E-state index contributed by atoms with van der Waals surface area (Å²) in [5.41, 5.74) is -6.14. The van der Waals surface area contributed by atoms with E-state index in [1.807, 2.05) is 0 Å². The third-order valence-corrected chi connectivity index (χ3v) is 2.61. The first kappa shape index (κ1) is 22.3. The highest BCUT2D eigenvalue weighted by atomic mass is 32.2. The van der Waals surface area contributed by atoms with Crippen LogP contribution in [0.1, 0.15) is 0 Å². The molecule has 0 unspecified atom stereocenters. The van der Waals surface area contributed by atoms with Crippen molar-refractivity contribution in [1.82, 2.24) is 0 Å². The van der Waals surface area contributed by atoms with Crippen molar-refractivity contribution in [3.8, 4) is 0 Å². The van der Waals surface area contributed by atoms with Crippen molar-refractivity contribution in [3.05, 3.63) is 0 Å². The molecule has 0 amide bonds. The zero-order chi connectivity index (χ0) is 18.4. The van der Waals surface area contributed by atoms with E-state index in [0.29, 0.717) is 0 Å². The normalized spacial score (nSPS) is 14.3. The summed E-state index contributed by atoms with van der Waals surface area (Å²) in [6.07, 6.45) is -11.3. The van der Waals surface area contributed by atoms with E-state index in [-0.39, 0.29) is 13.2 Å². The van der Waals surface area contributed by atoms with Crippen LogP contribution in [0.2, 0.25) is 0 Å². The maximum Gasteiger partial charge on any atom is 0.525 e. The minimum Gasteiger partial charge on any atom is -0.382 e. The van der Waals surface area contributed by atoms with Crippen molar-refractivity contribution >= 4 is 10.1 Å². The molecule has 0 aliphatic carbocycles. The molecule has 0 atom stereocenters. The van der Waals surface area contributed by atoms with Crippen LogP contribution in [-0.2, 0) is 33.6 Å². The van der Waals surface area contributed by atoms with Crippen molar-refractivity contribution in [2.24, 2.45) is 0 Å². The molecule has 0 aromatic heterocycles. The summed E-state index contributed by atoms with van der Waals surface area (Å²) < 4.78 is 122. The summed E-state index contributed by atoms with van der Waals surface area (Å²) in [7, 11) is -5.35. The fraction of sp³-hybridized carbons (Fsp3) is 1.00. The Morgan fingerprint density at radius 3 is 1.83 bits per heavy atom. The van der Waals surface area contributed by atoms with Crippen LogP contribution < -0.4 is 0 Å². The molecule has 7 nitrogen and oxygen atoms in total. The molecule has 0 bridgehead atoms. The van der Waals surface area contributed by atoms with Gasteiger partial charge in [-0.05, 0) is 0 Å². The lowest BCUT2D eigenvalue weighted by molar-refractivity contribution is -0.498. The largest absolute Gasteiger partial charge is 0.525 e. The van der Waals surface area contributed by atoms with E-state index in [0.717, 1.165) is 0 Å². The summed E-state index contributed by atoms with van der Waals surface area (Å²) in [5, 5.41) is 0. The Balaban J connectivity index is 4.48. The van der Waals surface area contributed by atoms with Gasteiger partial charge in [0.15, 0.2) is 0 Å². The van der Waals surface area contributed by atoms with Gasteiger partial charge in [-0.15, -0.1) is 4.89 Å². The molecular weight excluding hydrogens is 373 g/mol. The topological polar surface area (TPSA) is 80.3 Å². The Kier molecular flexibility index (Phi) is 8.12. The zero-order valence-corrected chi connectivity index (χ0v) is 12.1. The van der Waals surface area contributed by atoms with Gasteiger partial charge in [-0.3, -0.25) is 0 Å². The van der Waals surface area contributed by atoms with Gasteiger partial charge in [0, 0.05) is 7.11 Å². The summed E-state index contributed by atoms with van der Waals surface area (Å²) in [6, 6.07) is 0. The average molecular weight is 384 g/mol. The molecule has 0 aromatic rings. The molecule has 0 aromatic carbocycles. The number of rotatable bonds is 11. The highest BCUT2D eigenvalue weighted by molar-refractivity contribution is 7.87. The Labute approximate surface area is 125 Å². The van der Waals surface area contributed by atoms with E-state index < -0.39 is 41.1 Å². The summed E-state index contributed by atoms with van der Waals surface area (Å²) in [4.78, 5) is 2.40. The number of alkyl halides is 7. The minimum atomic E-state index is -6.66. The van der Waals surface area contributed by atoms with Gasteiger partial charge in [0.2, 0.25) is 0 Å². The van der Waals surface area contributed by atoms with Gasteiger partial charge in [-0.2, -0.15) is 39.2 Å². The molecule has 0 radical (unpaired) electrons. The molecule has 0 N–H and O–H groups in total. The average Bonchev–Trinajstić information content (AvgIpc) is 2.39. The Bertz CT molecular complexity index is 450. The van der Waals surface area contributed by atoms with Gasteiger partial charge in [-0.25, -0.2) is 0 Å². The van der Waals surface area contributed by atoms with Crippen molar-refractivity contribution < 1.29 is 62.6 Å². The summed E-state index contributed by atoms with van der Waals surface area (Å²) in [5.74, 6) is 0. The first-order valence-electron chi connectivity index (χ1n) is 5.41. The predicted molar refractivity (Wildman–Crippen MR) is 55.7 cm³/mol. The van der Waals surface area contributed by atoms with Crippen LogP contribution in [0.5, 0.6) is 0 Å². The fourth-order valence-electron chi connectivity index (χ4n) is 0.732. The van der Waals surface area contributed by atoms with Crippen molar-refractivity contribution in [2.75, 3.05) is 33.5 Å². The molecule has 0 fully saturated rings. The molecule has 0 aliphatic rings. The quantitative estimate of drug-likeness (QED) is 0.176. The first-order chi connectivity index (χ1) is 10.3. The number of hydrogen-bond donors (Lipinski definition) is 0. The van der Waals surface area contributed by atoms with Gasteiger partial charge in [0.1, 0.15) is 0 Å². The SMILES string of the molecule is COCCOCCOC(F)(F)C(F)(F)OOS(=O)(=O)C(F)(F)F. The molecule has 140 valence electrons. The van der Waals surface area contributed by atoms with E-state index >= 15 is 0 Å². The molecule has 0 aliphatic heterocycles. The number of ether oxygens (including phenoxy) is 3. The lowest BCUT2D eigenvalue weighted by Gasteiger charge is -2.24. The Hall–Kier alpha value is -0.740. The van der Waals surface area contributed by atoms with Crippen LogP contribution >= 0.6 is 0 Å². The molecule has 0 rings (SSSR count). The van der Waals surface area contributed by atoms with Gasteiger partial charge >= 0.3 is 27.8 Å². The number of halogens is 7. The van der Waals surface area contributed by atoms with Crippen LogP contribution in [0, 0.1) is 0 Å². The van der Waals surface area contributed by atoms with Crippen LogP contribution in [0.3, 0.4) is 0 Å². The molecular formula is C8H11F7O7S. The van der Waals surface area contributed by atoms with Gasteiger partial charge in [0.25, 0.3) is 0 Å². The van der Waals surface area contributed by atoms with Crippen LogP contribution in [0.4, 0.5) is 30.7 Å². The standard InChI is InChI=1S/C8H11F7O7S/c1-18-2-3-19-4-5-20-6(9,10)7(11,12)21-22-23(16,17)8(13,14)15/h2-5H2,1H3. The highest BCUT2D eigenvalue weighted by Crippen LogP contribution is 2.38. The number of methoxy groups -OCH3 is 1. The molecule has 0 saturated heterocycles. The van der Waals surface area contributed by atoms with E-state index in [1.165, 1.54) is 7.11 Å². The Morgan fingerprint density at radius 2 is 1.35 bits per heavy atom. The van der Waals surface area contributed by atoms with Crippen LogP contribution in [-0.4, -0.2) is 59.7 Å². The molecule has 0 spiro atoms. The van der Waals surface area contributed by atoms with E-state index in [9.17, 15) is 39.2 Å². The van der Waals surface area contributed by atoms with Crippen molar-refractivity contribution in [2.45, 2.75) is 17.7 Å². The van der Waals surface area contributed by atoms with Gasteiger partial charge in [-0.1, -0.05) is 4.33 Å². The molecule has 0 heterocycles. The predicted octanol–water partition coefficient (Wildman–Crippen LogP) is 1.65. The van der Waals surface area contributed by atoms with E-state index in [2.05, 4.69) is 23.4 Å². The monoisotopic (exact) mass is 384 g/mol. The summed E-state index contributed by atoms with van der Waals surface area (Å²) >= 11 is 0. The lowest BCUT2D eigenvalue weighted by Crippen LogP contribution is -2.46. The van der Waals surface area contributed by atoms with E-state index in [1.54, 1.807) is 0 Å². The molecule has 0 saturated carbocycles. The fourth-order valence-corrected chi connectivity index (χ4v) is 0.984. The Morgan fingerprint density at radius 1 is 0.826 bits per heavy atom. The second-order valence-corrected chi connectivity index (χ2v) is 5.05. The maximum atomic E-state index is 12.9. The van der Waals surface area contributed by atoms with Crippen molar-refractivity contribution in [1.29, 1.82) is 0 Å². The third kappa shape index (κ3) is 7.13. The third-order valence-electron chi connectivity index (χ3n) is 1.79. The minimum absolute atomic E-state index is 0.0642. The van der Waals surface area contributed by atoms with Crippen LogP contribution in [0.15, 0.2) is 0 Å². The highest BCUT2D eigenvalue weighted by Gasteiger charge is 2.63. The second kappa shape index (κ2) is 8.39. The zero-order valence-electron chi connectivity index (χ0n) is 11.2. The lowest BCUT2D eigenvalue weighted by atomic mass is 10.6. The molecule has 15 heteroatoms. The smallest absolute Gasteiger partial charge is 0.382 e. The van der Waals surface area contributed by atoms with Gasteiger partial charge < -0.3 is 14.2 Å². The first-order valence-corrected chi connectivity index (χ1v) is 6.82. The maximum absolute atomic E-state index is 12.9. The van der Waals surface area contributed by atoms with Crippen molar-refractivity contribution in [3.63, 3.8) is 0 Å². The van der Waals surface area contributed by atoms with Crippen LogP contribution in [0.25, 0.3) is 0 Å².